The highest BCUT2D eigenvalue weighted by Gasteiger charge is 2.32. The molecule has 114 valence electrons. The zero-order valence-electron chi connectivity index (χ0n) is 11.2. The van der Waals surface area contributed by atoms with E-state index < -0.39 is 11.7 Å². The zero-order valence-corrected chi connectivity index (χ0v) is 13.6. The Bertz CT molecular complexity index is 653. The second-order valence-electron chi connectivity index (χ2n) is 4.78. The Morgan fingerprint density at radius 2 is 2.00 bits per heavy atom. The van der Waals surface area contributed by atoms with Gasteiger partial charge in [0.15, 0.2) is 5.82 Å². The number of rotatable bonds is 3. The van der Waals surface area contributed by atoms with Gasteiger partial charge >= 0.3 is 6.18 Å². The fraction of sp³-hybridized carbons (Fsp3) is 0.385. The monoisotopic (exact) mass is 381 g/mol. The molecule has 0 radical (unpaired) electrons. The molecule has 0 aromatic carbocycles. The van der Waals surface area contributed by atoms with Gasteiger partial charge in [0.05, 0.1) is 22.5 Å². The van der Waals surface area contributed by atoms with Crippen molar-refractivity contribution in [1.82, 2.24) is 14.8 Å². The summed E-state index contributed by atoms with van der Waals surface area (Å²) in [7, 11) is 0. The summed E-state index contributed by atoms with van der Waals surface area (Å²) >= 11 is 9.33. The normalized spacial score (nSPS) is 12.2. The Kier molecular flexibility index (Phi) is 4.63. The van der Waals surface area contributed by atoms with E-state index in [4.69, 9.17) is 11.6 Å². The van der Waals surface area contributed by atoms with Crippen LogP contribution in [0, 0.1) is 0 Å². The molecule has 0 bridgehead atoms. The summed E-state index contributed by atoms with van der Waals surface area (Å²) in [5, 5.41) is 4.70. The Morgan fingerprint density at radius 1 is 1.33 bits per heavy atom. The first kappa shape index (κ1) is 16.3. The van der Waals surface area contributed by atoms with E-state index in [-0.39, 0.29) is 16.8 Å². The average molecular weight is 383 g/mol. The van der Waals surface area contributed by atoms with Crippen molar-refractivity contribution in [3.8, 4) is 5.82 Å². The first-order valence-electron chi connectivity index (χ1n) is 6.11. The lowest BCUT2D eigenvalue weighted by Crippen LogP contribution is -2.11. The van der Waals surface area contributed by atoms with Crippen LogP contribution in [0.4, 0.5) is 13.2 Å². The van der Waals surface area contributed by atoms with Crippen LogP contribution in [0.5, 0.6) is 0 Å². The summed E-state index contributed by atoms with van der Waals surface area (Å²) in [5.41, 5.74) is 0.930. The fourth-order valence-electron chi connectivity index (χ4n) is 2.02. The van der Waals surface area contributed by atoms with Gasteiger partial charge in [-0.25, -0.2) is 9.67 Å². The molecule has 2 aromatic heterocycles. The van der Waals surface area contributed by atoms with Gasteiger partial charge in [-0.3, -0.25) is 0 Å². The molecule has 3 nitrogen and oxygen atoms in total. The van der Waals surface area contributed by atoms with Crippen LogP contribution in [0.15, 0.2) is 18.5 Å². The lowest BCUT2D eigenvalue weighted by molar-refractivity contribution is -0.137. The molecule has 0 aliphatic heterocycles. The predicted molar refractivity (Wildman–Crippen MR) is 78.1 cm³/mol. The largest absolute Gasteiger partial charge is 0.417 e. The average Bonchev–Trinajstić information content (AvgIpc) is 2.81. The maximum atomic E-state index is 12.6. The maximum Gasteiger partial charge on any atom is 0.417 e. The summed E-state index contributed by atoms with van der Waals surface area (Å²) in [6.07, 6.45) is -2.05. The predicted octanol–water partition coefficient (Wildman–Crippen LogP) is 4.96. The standard InChI is InChI=1S/C13H12BrClF3N3/c1-7(2)11-8(4-14)5-20-21(11)12-10(15)3-9(6-19-12)13(16,17)18/h3,5-7H,4H2,1-2H3. The van der Waals surface area contributed by atoms with E-state index in [1.165, 1.54) is 4.68 Å². The van der Waals surface area contributed by atoms with E-state index in [1.807, 2.05) is 13.8 Å². The first-order valence-corrected chi connectivity index (χ1v) is 7.61. The van der Waals surface area contributed by atoms with E-state index in [0.717, 1.165) is 23.5 Å². The molecule has 0 N–H and O–H groups in total. The van der Waals surface area contributed by atoms with Crippen molar-refractivity contribution >= 4 is 27.5 Å². The van der Waals surface area contributed by atoms with Gasteiger partial charge in [-0.2, -0.15) is 18.3 Å². The lowest BCUT2D eigenvalue weighted by atomic mass is 10.1. The van der Waals surface area contributed by atoms with Crippen molar-refractivity contribution in [1.29, 1.82) is 0 Å². The van der Waals surface area contributed by atoms with Gasteiger partial charge in [-0.15, -0.1) is 0 Å². The van der Waals surface area contributed by atoms with Gasteiger partial charge in [-0.1, -0.05) is 41.4 Å². The highest BCUT2D eigenvalue weighted by molar-refractivity contribution is 9.08. The SMILES string of the molecule is CC(C)c1c(CBr)cnn1-c1ncc(C(F)(F)F)cc1Cl. The van der Waals surface area contributed by atoms with E-state index in [2.05, 4.69) is 26.0 Å². The molecule has 2 rings (SSSR count). The van der Waals surface area contributed by atoms with Crippen molar-refractivity contribution in [2.75, 3.05) is 0 Å². The van der Waals surface area contributed by atoms with Gasteiger partial charge < -0.3 is 0 Å². The van der Waals surface area contributed by atoms with E-state index in [9.17, 15) is 13.2 Å². The molecular weight excluding hydrogens is 371 g/mol. The highest BCUT2D eigenvalue weighted by atomic mass is 79.9. The molecular formula is C13H12BrClF3N3. The molecule has 0 amide bonds. The van der Waals surface area contributed by atoms with Crippen molar-refractivity contribution in [3.05, 3.63) is 40.3 Å². The number of hydrogen-bond donors (Lipinski definition) is 0. The molecule has 0 aliphatic carbocycles. The third-order valence-electron chi connectivity index (χ3n) is 2.93. The number of hydrogen-bond acceptors (Lipinski definition) is 2. The van der Waals surface area contributed by atoms with E-state index in [1.54, 1.807) is 6.20 Å². The fourth-order valence-corrected chi connectivity index (χ4v) is 2.70. The van der Waals surface area contributed by atoms with Gasteiger partial charge in [0.25, 0.3) is 0 Å². The minimum absolute atomic E-state index is 0.0871. The molecule has 0 unspecified atom stereocenters. The quantitative estimate of drug-likeness (QED) is 0.703. The Balaban J connectivity index is 2.56. The van der Waals surface area contributed by atoms with Crippen LogP contribution in [-0.4, -0.2) is 14.8 Å². The first-order chi connectivity index (χ1) is 9.75. The Labute approximate surface area is 133 Å². The molecule has 2 aromatic rings. The second-order valence-corrected chi connectivity index (χ2v) is 5.75. The molecule has 0 fully saturated rings. The molecule has 0 saturated heterocycles. The summed E-state index contributed by atoms with van der Waals surface area (Å²) < 4.78 is 39.4. The molecule has 0 saturated carbocycles. The molecule has 21 heavy (non-hydrogen) atoms. The van der Waals surface area contributed by atoms with Crippen LogP contribution in [-0.2, 0) is 11.5 Å². The van der Waals surface area contributed by atoms with Crippen LogP contribution in [0.25, 0.3) is 5.82 Å². The van der Waals surface area contributed by atoms with Crippen LogP contribution in [0.2, 0.25) is 5.02 Å². The van der Waals surface area contributed by atoms with Crippen LogP contribution in [0.3, 0.4) is 0 Å². The number of nitrogens with zero attached hydrogens (tertiary/aromatic N) is 3. The number of alkyl halides is 4. The minimum Gasteiger partial charge on any atom is -0.235 e. The van der Waals surface area contributed by atoms with Crippen LogP contribution in [0.1, 0.15) is 36.6 Å². The molecule has 0 aliphatic rings. The van der Waals surface area contributed by atoms with Crippen molar-refractivity contribution in [2.24, 2.45) is 0 Å². The number of halogens is 5. The van der Waals surface area contributed by atoms with E-state index in [0.29, 0.717) is 5.33 Å². The lowest BCUT2D eigenvalue weighted by Gasteiger charge is -2.14. The maximum absolute atomic E-state index is 12.6. The summed E-state index contributed by atoms with van der Waals surface area (Å²) in [5.74, 6) is 0.320. The molecule has 2 heterocycles. The van der Waals surface area contributed by atoms with Crippen LogP contribution >= 0.6 is 27.5 Å². The molecule has 0 spiro atoms. The number of aromatic nitrogens is 3. The Hall–Kier alpha value is -1.08. The van der Waals surface area contributed by atoms with Crippen molar-refractivity contribution in [2.45, 2.75) is 31.3 Å². The third-order valence-corrected chi connectivity index (χ3v) is 3.81. The van der Waals surface area contributed by atoms with Gasteiger partial charge in [0.2, 0.25) is 0 Å². The topological polar surface area (TPSA) is 30.7 Å². The van der Waals surface area contributed by atoms with Crippen LogP contribution < -0.4 is 0 Å². The summed E-state index contributed by atoms with van der Waals surface area (Å²) in [6, 6.07) is 0.865. The van der Waals surface area contributed by atoms with Crippen molar-refractivity contribution < 1.29 is 13.2 Å². The molecule has 8 heteroatoms. The Morgan fingerprint density at radius 3 is 2.48 bits per heavy atom. The van der Waals surface area contributed by atoms with Gasteiger partial charge in [0.1, 0.15) is 0 Å². The van der Waals surface area contributed by atoms with Gasteiger partial charge in [-0.05, 0) is 12.0 Å². The second kappa shape index (κ2) is 5.96. The third kappa shape index (κ3) is 3.23. The van der Waals surface area contributed by atoms with E-state index >= 15 is 0 Å². The summed E-state index contributed by atoms with van der Waals surface area (Å²) in [6.45, 7) is 3.94. The zero-order chi connectivity index (χ0) is 15.8. The highest BCUT2D eigenvalue weighted by Crippen LogP contribution is 2.33. The summed E-state index contributed by atoms with van der Waals surface area (Å²) in [4.78, 5) is 3.84. The van der Waals surface area contributed by atoms with Gasteiger partial charge in [0, 0.05) is 17.1 Å². The number of pyridine rings is 1. The minimum atomic E-state index is -4.47. The smallest absolute Gasteiger partial charge is 0.235 e. The van der Waals surface area contributed by atoms with Crippen molar-refractivity contribution in [3.63, 3.8) is 0 Å². The molecule has 0 atom stereocenters.